The number of benzene rings is 11. The van der Waals surface area contributed by atoms with E-state index in [2.05, 4.69) is 222 Å². The molecule has 0 saturated heterocycles. The quantitative estimate of drug-likeness (QED) is 0.152. The third kappa shape index (κ3) is 6.78. The van der Waals surface area contributed by atoms with E-state index in [1.54, 1.807) is 0 Å². The topological polar surface area (TPSA) is 60.0 Å². The molecule has 0 saturated carbocycles. The Kier molecular flexibility index (Phi) is 10.0. The van der Waals surface area contributed by atoms with Crippen LogP contribution in [0.2, 0.25) is 0 Å². The number of para-hydroxylation sites is 5. The maximum absolute atomic E-state index is 7.02. The fraction of sp³-hybridized carbons (Fsp3) is 0.0143. The molecule has 76 heavy (non-hydrogen) atoms. The van der Waals surface area contributed by atoms with E-state index in [-0.39, 0.29) is 0 Å². The van der Waals surface area contributed by atoms with Gasteiger partial charge in [0.15, 0.2) is 17.5 Å². The fourth-order valence-electron chi connectivity index (χ4n) is 11.9. The average molecular weight is 972 g/mol. The zero-order chi connectivity index (χ0) is 50.2. The summed E-state index contributed by atoms with van der Waals surface area (Å²) in [6.45, 7) is 0. The highest BCUT2D eigenvalue weighted by molar-refractivity contribution is 6.11. The Morgan fingerprint density at radius 3 is 1.55 bits per heavy atom. The van der Waals surface area contributed by atoms with Crippen molar-refractivity contribution >= 4 is 60.8 Å². The summed E-state index contributed by atoms with van der Waals surface area (Å²) in [5.41, 5.74) is 17.0. The van der Waals surface area contributed by atoms with E-state index in [0.717, 1.165) is 100 Å². The lowest BCUT2D eigenvalue weighted by atomic mass is 9.62. The Bertz CT molecular complexity index is 4450. The van der Waals surface area contributed by atoms with Crippen molar-refractivity contribution in [2.24, 2.45) is 0 Å². The monoisotopic (exact) mass is 971 g/mol. The van der Waals surface area contributed by atoms with E-state index in [9.17, 15) is 0 Å². The Hall–Kier alpha value is -10.2. The SMILES string of the molecule is c1ccc(-c2nc(-c3ccccc3)nc(-c3ccc(N4c5ccccc5C(c5ccccc5)(c5cccc6c5oc5ccccc56)c5ccc(-c6ccc7c(c6)c6ccccc6n7-c6ccccc6)cc54)cc3)n2)cc1. The smallest absolute Gasteiger partial charge is 0.164 e. The molecule has 3 aromatic heterocycles. The Morgan fingerprint density at radius 2 is 0.829 bits per heavy atom. The third-order valence-corrected chi connectivity index (χ3v) is 15.3. The molecule has 4 heterocycles. The summed E-state index contributed by atoms with van der Waals surface area (Å²) < 4.78 is 9.40. The van der Waals surface area contributed by atoms with E-state index in [1.807, 2.05) is 60.7 Å². The van der Waals surface area contributed by atoms with Gasteiger partial charge in [-0.25, -0.2) is 15.0 Å². The first-order valence-corrected chi connectivity index (χ1v) is 25.8. The average Bonchev–Trinajstić information content (AvgIpc) is 4.16. The highest BCUT2D eigenvalue weighted by Gasteiger charge is 2.48. The van der Waals surface area contributed by atoms with Gasteiger partial charge in [-0.2, -0.15) is 0 Å². The second kappa shape index (κ2) is 17.5. The van der Waals surface area contributed by atoms with Crippen LogP contribution in [0.25, 0.3) is 94.7 Å². The molecule has 0 aliphatic carbocycles. The van der Waals surface area contributed by atoms with Crippen LogP contribution in [0.5, 0.6) is 0 Å². The molecule has 0 bridgehead atoms. The van der Waals surface area contributed by atoms with Crippen molar-refractivity contribution in [2.75, 3.05) is 4.90 Å². The van der Waals surface area contributed by atoms with Crippen LogP contribution in [0.15, 0.2) is 277 Å². The van der Waals surface area contributed by atoms with Crippen molar-refractivity contribution in [1.29, 1.82) is 0 Å². The molecule has 15 rings (SSSR count). The molecular weight excluding hydrogens is 927 g/mol. The van der Waals surface area contributed by atoms with Crippen LogP contribution in [0.4, 0.5) is 17.1 Å². The molecule has 1 unspecified atom stereocenters. The minimum absolute atomic E-state index is 0.604. The first kappa shape index (κ1) is 43.4. The van der Waals surface area contributed by atoms with E-state index in [1.165, 1.54) is 16.3 Å². The molecule has 1 aliphatic heterocycles. The summed E-state index contributed by atoms with van der Waals surface area (Å²) >= 11 is 0. The maximum atomic E-state index is 7.02. The van der Waals surface area contributed by atoms with E-state index < -0.39 is 5.41 Å². The summed E-state index contributed by atoms with van der Waals surface area (Å²) in [5, 5.41) is 4.60. The minimum atomic E-state index is -0.810. The summed E-state index contributed by atoms with van der Waals surface area (Å²) in [6, 6.07) is 97.3. The van der Waals surface area contributed by atoms with Gasteiger partial charge >= 0.3 is 0 Å². The normalized spacial score (nSPS) is 14.1. The number of anilines is 3. The summed E-state index contributed by atoms with van der Waals surface area (Å²) in [6.07, 6.45) is 0. The second-order valence-corrected chi connectivity index (χ2v) is 19.5. The zero-order valence-corrected chi connectivity index (χ0v) is 41.1. The zero-order valence-electron chi connectivity index (χ0n) is 41.1. The number of hydrogen-bond acceptors (Lipinski definition) is 5. The van der Waals surface area contributed by atoms with Gasteiger partial charge in [-0.05, 0) is 101 Å². The van der Waals surface area contributed by atoms with Crippen molar-refractivity contribution < 1.29 is 4.42 Å². The van der Waals surface area contributed by atoms with Gasteiger partial charge in [0, 0.05) is 55.2 Å². The van der Waals surface area contributed by atoms with Crippen molar-refractivity contribution in [1.82, 2.24) is 19.5 Å². The number of nitrogens with zero attached hydrogens (tertiary/aromatic N) is 5. The van der Waals surface area contributed by atoms with Crippen LogP contribution in [0.3, 0.4) is 0 Å². The van der Waals surface area contributed by atoms with Gasteiger partial charge in [-0.15, -0.1) is 0 Å². The second-order valence-electron chi connectivity index (χ2n) is 19.5. The van der Waals surface area contributed by atoms with Gasteiger partial charge in [0.05, 0.1) is 27.8 Å². The molecule has 0 N–H and O–H groups in total. The molecule has 0 radical (unpaired) electrons. The van der Waals surface area contributed by atoms with Gasteiger partial charge in [-0.3, -0.25) is 0 Å². The van der Waals surface area contributed by atoms with Crippen LogP contribution in [0.1, 0.15) is 22.3 Å². The predicted molar refractivity (Wildman–Crippen MR) is 310 cm³/mol. The van der Waals surface area contributed by atoms with E-state index in [0.29, 0.717) is 17.5 Å². The van der Waals surface area contributed by atoms with E-state index in [4.69, 9.17) is 19.4 Å². The van der Waals surface area contributed by atoms with Crippen molar-refractivity contribution in [2.45, 2.75) is 5.41 Å². The molecule has 6 nitrogen and oxygen atoms in total. The van der Waals surface area contributed by atoms with Crippen LogP contribution in [0, 0.1) is 0 Å². The van der Waals surface area contributed by atoms with Crippen LogP contribution in [-0.2, 0) is 5.41 Å². The molecule has 356 valence electrons. The van der Waals surface area contributed by atoms with Gasteiger partial charge in [0.2, 0.25) is 0 Å². The van der Waals surface area contributed by atoms with Crippen molar-refractivity contribution in [3.05, 3.63) is 295 Å². The maximum Gasteiger partial charge on any atom is 0.164 e. The number of aromatic nitrogens is 4. The number of furan rings is 1. The molecule has 0 fully saturated rings. The summed E-state index contributed by atoms with van der Waals surface area (Å²) in [5.74, 6) is 1.85. The summed E-state index contributed by atoms with van der Waals surface area (Å²) in [4.78, 5) is 17.6. The first-order chi connectivity index (χ1) is 37.7. The minimum Gasteiger partial charge on any atom is -0.456 e. The lowest BCUT2D eigenvalue weighted by Crippen LogP contribution is -2.38. The standard InChI is InChI=1S/C70H45N5O/c1-5-20-46(21-6-1)67-71-68(47-22-7-2-8-23-47)73-69(72-67)48-36-40-53(41-37-48)75-63-34-17-15-31-58(63)70(51-24-9-3-10-25-51,60-32-19-30-56-55-29-14-18-35-65(55)76-66(56)60)59-42-38-50(45-64(59)75)49-39-43-62-57(44-49)54-28-13-16-33-61(54)74(62)52-26-11-4-12-27-52/h1-45H. The third-order valence-electron chi connectivity index (χ3n) is 15.3. The lowest BCUT2D eigenvalue weighted by molar-refractivity contribution is 0.643. The Labute approximate surface area is 439 Å². The summed E-state index contributed by atoms with van der Waals surface area (Å²) in [7, 11) is 0. The first-order valence-electron chi connectivity index (χ1n) is 25.8. The Morgan fingerprint density at radius 1 is 0.316 bits per heavy atom. The number of fused-ring (bicyclic) bond motifs is 8. The number of rotatable bonds is 8. The van der Waals surface area contributed by atoms with Gasteiger partial charge in [-0.1, -0.05) is 200 Å². The van der Waals surface area contributed by atoms with Crippen LogP contribution >= 0.6 is 0 Å². The highest BCUT2D eigenvalue weighted by atomic mass is 16.3. The molecule has 14 aromatic rings. The van der Waals surface area contributed by atoms with Crippen molar-refractivity contribution in [3.63, 3.8) is 0 Å². The van der Waals surface area contributed by atoms with Crippen LogP contribution < -0.4 is 4.90 Å². The Balaban J connectivity index is 0.968. The molecule has 0 amide bonds. The fourth-order valence-corrected chi connectivity index (χ4v) is 11.9. The molecule has 6 heteroatoms. The highest BCUT2D eigenvalue weighted by Crippen LogP contribution is 2.59. The molecule has 11 aromatic carbocycles. The molecule has 0 spiro atoms. The molecule has 1 atom stereocenters. The molecule has 1 aliphatic rings. The van der Waals surface area contributed by atoms with E-state index >= 15 is 0 Å². The van der Waals surface area contributed by atoms with Crippen molar-refractivity contribution in [3.8, 4) is 51.0 Å². The van der Waals surface area contributed by atoms with Crippen LogP contribution in [-0.4, -0.2) is 19.5 Å². The van der Waals surface area contributed by atoms with Gasteiger partial charge < -0.3 is 13.9 Å². The molecular formula is C70H45N5O. The number of hydrogen-bond donors (Lipinski definition) is 0. The van der Waals surface area contributed by atoms with Gasteiger partial charge in [0.25, 0.3) is 0 Å². The lowest BCUT2D eigenvalue weighted by Gasteiger charge is -2.46. The largest absolute Gasteiger partial charge is 0.456 e. The predicted octanol–water partition coefficient (Wildman–Crippen LogP) is 17.7. The van der Waals surface area contributed by atoms with Gasteiger partial charge in [0.1, 0.15) is 11.2 Å².